The second-order valence-electron chi connectivity index (χ2n) is 8.58. The molecule has 0 aliphatic heterocycles. The maximum atomic E-state index is 13.2. The molecule has 1 aromatic heterocycles. The number of rotatable bonds is 13. The Morgan fingerprint density at radius 1 is 1.23 bits per heavy atom. The van der Waals surface area contributed by atoms with Gasteiger partial charge in [-0.1, -0.05) is 32.3 Å². The minimum atomic E-state index is -1.29. The summed E-state index contributed by atoms with van der Waals surface area (Å²) < 4.78 is 5.60. The number of pyridine rings is 1. The van der Waals surface area contributed by atoms with Gasteiger partial charge in [-0.3, -0.25) is 9.78 Å². The van der Waals surface area contributed by atoms with Crippen molar-refractivity contribution in [1.82, 2.24) is 10.3 Å². The molecular formula is C23H32N2O6-2. The van der Waals surface area contributed by atoms with Crippen molar-refractivity contribution in [1.29, 1.82) is 0 Å². The zero-order valence-electron chi connectivity index (χ0n) is 18.4. The fourth-order valence-corrected chi connectivity index (χ4v) is 4.28. The van der Waals surface area contributed by atoms with E-state index in [2.05, 4.69) is 10.3 Å². The summed E-state index contributed by atoms with van der Waals surface area (Å²) in [7, 11) is 0. The Morgan fingerprint density at radius 2 is 1.94 bits per heavy atom. The molecule has 1 N–H and O–H groups in total. The SMILES string of the molecule is CCCC(CC1(C(=O)NC(COCc2ccc(C)cn2)CC(=O)[O-])CCCC1)C(=O)[O-]. The first-order chi connectivity index (χ1) is 14.8. The molecule has 0 saturated heterocycles. The number of aryl methyl sites for hydroxylation is 1. The van der Waals surface area contributed by atoms with Crippen molar-refractivity contribution in [2.45, 2.75) is 77.9 Å². The predicted octanol–water partition coefficient (Wildman–Crippen LogP) is 0.648. The number of amides is 1. The van der Waals surface area contributed by atoms with E-state index in [0.717, 1.165) is 18.4 Å². The molecule has 31 heavy (non-hydrogen) atoms. The Bertz CT molecular complexity index is 743. The smallest absolute Gasteiger partial charge is 0.226 e. The highest BCUT2D eigenvalue weighted by Gasteiger charge is 2.43. The molecule has 0 radical (unpaired) electrons. The van der Waals surface area contributed by atoms with E-state index in [1.54, 1.807) is 6.20 Å². The zero-order valence-corrected chi connectivity index (χ0v) is 18.4. The van der Waals surface area contributed by atoms with E-state index < -0.39 is 29.3 Å². The third-order valence-electron chi connectivity index (χ3n) is 5.94. The highest BCUT2D eigenvalue weighted by molar-refractivity contribution is 5.84. The molecule has 1 aliphatic rings. The highest BCUT2D eigenvalue weighted by atomic mass is 16.5. The highest BCUT2D eigenvalue weighted by Crippen LogP contribution is 2.44. The molecule has 2 rings (SSSR count). The molecule has 8 nitrogen and oxygen atoms in total. The molecule has 172 valence electrons. The largest absolute Gasteiger partial charge is 0.550 e. The number of nitrogens with zero attached hydrogens (tertiary/aromatic N) is 1. The molecule has 1 heterocycles. The van der Waals surface area contributed by atoms with Crippen molar-refractivity contribution in [2.24, 2.45) is 11.3 Å². The van der Waals surface area contributed by atoms with Crippen LogP contribution in [0.3, 0.4) is 0 Å². The Morgan fingerprint density at radius 3 is 2.48 bits per heavy atom. The van der Waals surface area contributed by atoms with Crippen LogP contribution in [-0.4, -0.2) is 35.5 Å². The minimum Gasteiger partial charge on any atom is -0.550 e. The van der Waals surface area contributed by atoms with Crippen LogP contribution in [0, 0.1) is 18.3 Å². The van der Waals surface area contributed by atoms with Crippen LogP contribution in [-0.2, 0) is 25.7 Å². The molecule has 1 aliphatic carbocycles. The number of ether oxygens (including phenoxy) is 1. The third-order valence-corrected chi connectivity index (χ3v) is 5.94. The number of carbonyl (C=O) groups is 3. The number of carboxylic acid groups (broad SMARTS) is 2. The molecule has 1 saturated carbocycles. The lowest BCUT2D eigenvalue weighted by molar-refractivity contribution is -0.312. The average Bonchev–Trinajstić information content (AvgIpc) is 3.18. The monoisotopic (exact) mass is 432 g/mol. The molecule has 2 unspecified atom stereocenters. The Balaban J connectivity index is 2.02. The van der Waals surface area contributed by atoms with Crippen LogP contribution in [0.2, 0.25) is 0 Å². The van der Waals surface area contributed by atoms with Crippen LogP contribution in [0.5, 0.6) is 0 Å². The number of hydrogen-bond acceptors (Lipinski definition) is 7. The number of nitrogens with one attached hydrogen (secondary N) is 1. The Hall–Kier alpha value is -2.48. The lowest BCUT2D eigenvalue weighted by Crippen LogP contribution is -2.49. The second-order valence-corrected chi connectivity index (χ2v) is 8.58. The number of carbonyl (C=O) groups excluding carboxylic acids is 3. The van der Waals surface area contributed by atoms with E-state index in [1.807, 2.05) is 26.0 Å². The first-order valence-corrected chi connectivity index (χ1v) is 11.0. The molecule has 8 heteroatoms. The first-order valence-electron chi connectivity index (χ1n) is 11.0. The summed E-state index contributed by atoms with van der Waals surface area (Å²) in [5, 5.41) is 25.5. The predicted molar refractivity (Wildman–Crippen MR) is 109 cm³/mol. The van der Waals surface area contributed by atoms with E-state index >= 15 is 0 Å². The van der Waals surface area contributed by atoms with Gasteiger partial charge in [0.15, 0.2) is 0 Å². The summed E-state index contributed by atoms with van der Waals surface area (Å²) in [4.78, 5) is 40.2. The number of aromatic nitrogens is 1. The molecule has 0 spiro atoms. The van der Waals surface area contributed by atoms with Gasteiger partial charge in [0.2, 0.25) is 5.91 Å². The van der Waals surface area contributed by atoms with Gasteiger partial charge >= 0.3 is 0 Å². The number of aliphatic carboxylic acids is 2. The molecule has 0 bridgehead atoms. The van der Waals surface area contributed by atoms with Gasteiger partial charge in [-0.15, -0.1) is 0 Å². The standard InChI is InChI=1S/C23H34N2O6/c1-3-6-17(21(28)29)12-23(9-4-5-10-23)22(30)25-19(11-20(26)27)15-31-14-18-8-7-16(2)13-24-18/h7-8,13,17,19H,3-6,9-12,14-15H2,1-2H3,(H,25,30)(H,26,27)(H,28,29)/p-2. The third kappa shape index (κ3) is 7.61. The van der Waals surface area contributed by atoms with Gasteiger partial charge in [0, 0.05) is 30.0 Å². The summed E-state index contributed by atoms with van der Waals surface area (Å²) in [6, 6.07) is 2.95. The van der Waals surface area contributed by atoms with E-state index in [1.165, 1.54) is 0 Å². The molecule has 1 fully saturated rings. The van der Waals surface area contributed by atoms with Crippen molar-refractivity contribution in [2.75, 3.05) is 6.61 Å². The van der Waals surface area contributed by atoms with Gasteiger partial charge in [0.05, 0.1) is 24.9 Å². The van der Waals surface area contributed by atoms with Crippen molar-refractivity contribution in [3.63, 3.8) is 0 Å². The van der Waals surface area contributed by atoms with Crippen LogP contribution in [0.1, 0.15) is 69.5 Å². The Kier molecular flexibility index (Phi) is 9.43. The van der Waals surface area contributed by atoms with Crippen LogP contribution in [0.4, 0.5) is 0 Å². The van der Waals surface area contributed by atoms with Gasteiger partial charge in [-0.25, -0.2) is 0 Å². The van der Waals surface area contributed by atoms with E-state index in [9.17, 15) is 24.6 Å². The molecular weight excluding hydrogens is 400 g/mol. The van der Waals surface area contributed by atoms with Gasteiger partial charge in [0.25, 0.3) is 0 Å². The first kappa shape index (κ1) is 24.8. The fourth-order valence-electron chi connectivity index (χ4n) is 4.28. The molecule has 1 aromatic rings. The zero-order chi connectivity index (χ0) is 22.9. The van der Waals surface area contributed by atoms with Crippen molar-refractivity contribution < 1.29 is 29.3 Å². The van der Waals surface area contributed by atoms with Crippen LogP contribution in [0.25, 0.3) is 0 Å². The van der Waals surface area contributed by atoms with Crippen LogP contribution in [0.15, 0.2) is 18.3 Å². The van der Waals surface area contributed by atoms with Gasteiger partial charge in [-0.05, 0) is 50.2 Å². The quantitative estimate of drug-likeness (QED) is 0.484. The molecule has 2 atom stereocenters. The summed E-state index contributed by atoms with van der Waals surface area (Å²) in [6.45, 7) is 4.00. The number of carboxylic acids is 2. The van der Waals surface area contributed by atoms with Gasteiger partial charge < -0.3 is 29.9 Å². The van der Waals surface area contributed by atoms with E-state index in [4.69, 9.17) is 4.74 Å². The maximum Gasteiger partial charge on any atom is 0.226 e. The van der Waals surface area contributed by atoms with Crippen LogP contribution >= 0.6 is 0 Å². The van der Waals surface area contributed by atoms with Crippen molar-refractivity contribution >= 4 is 17.8 Å². The summed E-state index contributed by atoms with van der Waals surface area (Å²) >= 11 is 0. The normalized spacial score (nSPS) is 17.1. The molecule has 0 aromatic carbocycles. The Labute approximate surface area is 183 Å². The number of hydrogen-bond donors (Lipinski definition) is 1. The second kappa shape index (κ2) is 11.8. The maximum absolute atomic E-state index is 13.2. The van der Waals surface area contributed by atoms with E-state index in [0.29, 0.717) is 31.4 Å². The summed E-state index contributed by atoms with van der Waals surface area (Å²) in [6.07, 6.45) is 5.50. The van der Waals surface area contributed by atoms with Crippen molar-refractivity contribution in [3.8, 4) is 0 Å². The lowest BCUT2D eigenvalue weighted by Gasteiger charge is -2.34. The minimum absolute atomic E-state index is 0.00969. The summed E-state index contributed by atoms with van der Waals surface area (Å²) in [5.74, 6) is -3.43. The van der Waals surface area contributed by atoms with Gasteiger partial charge in [-0.2, -0.15) is 0 Å². The van der Waals surface area contributed by atoms with E-state index in [-0.39, 0.29) is 32.0 Å². The van der Waals surface area contributed by atoms with Crippen molar-refractivity contribution in [3.05, 3.63) is 29.6 Å². The summed E-state index contributed by atoms with van der Waals surface area (Å²) in [5.41, 5.74) is 0.904. The molecule has 1 amide bonds. The van der Waals surface area contributed by atoms with Gasteiger partial charge in [0.1, 0.15) is 0 Å². The lowest BCUT2D eigenvalue weighted by atomic mass is 9.75. The average molecular weight is 433 g/mol. The van der Waals surface area contributed by atoms with Crippen LogP contribution < -0.4 is 15.5 Å². The fraction of sp³-hybridized carbons (Fsp3) is 0.652. The topological polar surface area (TPSA) is 131 Å².